The zero-order valence-electron chi connectivity index (χ0n) is 23.5. The molecule has 0 aromatic carbocycles. The molecule has 0 amide bonds. The van der Waals surface area contributed by atoms with Crippen molar-refractivity contribution in [2.45, 2.75) is 136 Å². The molecular formula is C35H58. The van der Waals surface area contributed by atoms with E-state index in [0.29, 0.717) is 11.8 Å². The van der Waals surface area contributed by atoms with Crippen LogP contribution in [-0.4, -0.2) is 0 Å². The normalized spacial score (nSPS) is 38.2. The first-order valence-corrected chi connectivity index (χ1v) is 16.3. The number of hydrogen-bond acceptors (Lipinski definition) is 0. The van der Waals surface area contributed by atoms with Gasteiger partial charge in [0.25, 0.3) is 0 Å². The lowest BCUT2D eigenvalue weighted by molar-refractivity contribution is 0.127. The van der Waals surface area contributed by atoms with E-state index in [-0.39, 0.29) is 0 Å². The Balaban J connectivity index is 1.13. The summed E-state index contributed by atoms with van der Waals surface area (Å²) in [4.78, 5) is 0. The summed E-state index contributed by atoms with van der Waals surface area (Å²) < 4.78 is 0. The van der Waals surface area contributed by atoms with Crippen molar-refractivity contribution in [1.82, 2.24) is 0 Å². The fourth-order valence-electron chi connectivity index (χ4n) is 8.14. The molecule has 0 saturated heterocycles. The molecule has 0 heterocycles. The van der Waals surface area contributed by atoms with Gasteiger partial charge in [0.05, 0.1) is 0 Å². The maximum absolute atomic E-state index is 2.64. The highest BCUT2D eigenvalue weighted by atomic mass is 14.4. The van der Waals surface area contributed by atoms with Gasteiger partial charge in [-0.2, -0.15) is 0 Å². The second-order valence-corrected chi connectivity index (χ2v) is 13.2. The van der Waals surface area contributed by atoms with E-state index in [1.54, 1.807) is 25.7 Å². The molecule has 4 aliphatic carbocycles. The molecule has 4 atom stereocenters. The molecular weight excluding hydrogens is 420 g/mol. The average molecular weight is 479 g/mol. The SMILES string of the molecule is CCCCCC1C=CC(/C=C/C2C=CC(C3CCC(C4CCC(CCCC)CC4)CC3)CC2)CC1. The van der Waals surface area contributed by atoms with E-state index in [2.05, 4.69) is 50.3 Å². The Hall–Kier alpha value is -0.780. The molecule has 0 aromatic rings. The Morgan fingerprint density at radius 1 is 0.514 bits per heavy atom. The highest BCUT2D eigenvalue weighted by Gasteiger charge is 2.33. The molecule has 35 heavy (non-hydrogen) atoms. The second-order valence-electron chi connectivity index (χ2n) is 13.2. The Morgan fingerprint density at radius 3 is 1.69 bits per heavy atom. The fraction of sp³-hybridized carbons (Fsp3) is 0.829. The van der Waals surface area contributed by atoms with Crippen molar-refractivity contribution in [3.05, 3.63) is 36.5 Å². The van der Waals surface area contributed by atoms with E-state index in [1.807, 2.05) is 0 Å². The first-order chi connectivity index (χ1) is 17.2. The van der Waals surface area contributed by atoms with E-state index >= 15 is 0 Å². The maximum Gasteiger partial charge on any atom is -0.00530 e. The monoisotopic (exact) mass is 478 g/mol. The van der Waals surface area contributed by atoms with Crippen LogP contribution in [-0.2, 0) is 0 Å². The quantitative estimate of drug-likeness (QED) is 0.204. The Morgan fingerprint density at radius 2 is 1.11 bits per heavy atom. The largest absolute Gasteiger partial charge is 0.0848 e. The van der Waals surface area contributed by atoms with E-state index in [4.69, 9.17) is 0 Å². The fourth-order valence-corrected chi connectivity index (χ4v) is 8.14. The molecule has 198 valence electrons. The molecule has 0 aliphatic heterocycles. The van der Waals surface area contributed by atoms with Gasteiger partial charge in [-0.3, -0.25) is 0 Å². The van der Waals surface area contributed by atoms with Crippen LogP contribution < -0.4 is 0 Å². The summed E-state index contributed by atoms with van der Waals surface area (Å²) in [5, 5.41) is 0. The van der Waals surface area contributed by atoms with Gasteiger partial charge in [0.1, 0.15) is 0 Å². The van der Waals surface area contributed by atoms with Gasteiger partial charge in [0.2, 0.25) is 0 Å². The molecule has 0 aromatic heterocycles. The summed E-state index contributed by atoms with van der Waals surface area (Å²) in [6.07, 6.45) is 43.2. The van der Waals surface area contributed by atoms with E-state index in [9.17, 15) is 0 Å². The van der Waals surface area contributed by atoms with Crippen LogP contribution in [0.1, 0.15) is 136 Å². The minimum absolute atomic E-state index is 0.695. The first kappa shape index (κ1) is 27.3. The molecule has 0 radical (unpaired) electrons. The van der Waals surface area contributed by atoms with Crippen LogP contribution >= 0.6 is 0 Å². The Bertz CT molecular complexity index is 652. The summed E-state index contributed by atoms with van der Waals surface area (Å²) in [5.74, 6) is 7.32. The van der Waals surface area contributed by atoms with Crippen LogP contribution in [0.5, 0.6) is 0 Å². The standard InChI is InChI=1S/C35H58/c1-3-5-7-9-29-10-12-30(13-11-29)14-15-31-18-22-33(23-19-31)35-26-24-34(25-27-35)32-20-16-28(17-21-32)8-6-4-2/h10,12,14-15,18,22,28-35H,3-9,11,13,16-17,19-21,23-27H2,1-2H3/b15-14+. The van der Waals surface area contributed by atoms with Gasteiger partial charge in [-0.15, -0.1) is 0 Å². The first-order valence-electron chi connectivity index (χ1n) is 16.3. The number of hydrogen-bond donors (Lipinski definition) is 0. The van der Waals surface area contributed by atoms with Gasteiger partial charge >= 0.3 is 0 Å². The van der Waals surface area contributed by atoms with Gasteiger partial charge in [-0.1, -0.05) is 102 Å². The Labute approximate surface area is 219 Å². The zero-order valence-corrected chi connectivity index (χ0v) is 23.5. The summed E-state index contributed by atoms with van der Waals surface area (Å²) in [7, 11) is 0. The third-order valence-corrected chi connectivity index (χ3v) is 10.7. The third kappa shape index (κ3) is 8.64. The number of rotatable bonds is 11. The molecule has 0 spiro atoms. The lowest BCUT2D eigenvalue weighted by atomic mass is 9.66. The van der Waals surface area contributed by atoms with E-state index in [1.165, 1.54) is 96.3 Å². The molecule has 0 N–H and O–H groups in total. The highest BCUT2D eigenvalue weighted by molar-refractivity contribution is 5.12. The molecule has 0 heteroatoms. The predicted molar refractivity (Wildman–Crippen MR) is 154 cm³/mol. The lowest BCUT2D eigenvalue weighted by Crippen LogP contribution is -2.28. The van der Waals surface area contributed by atoms with Crippen molar-refractivity contribution in [1.29, 1.82) is 0 Å². The maximum atomic E-state index is 2.64. The van der Waals surface area contributed by atoms with Crippen molar-refractivity contribution in [2.75, 3.05) is 0 Å². The van der Waals surface area contributed by atoms with Crippen molar-refractivity contribution in [3.8, 4) is 0 Å². The minimum Gasteiger partial charge on any atom is -0.0848 e. The van der Waals surface area contributed by atoms with Crippen LogP contribution in [0.25, 0.3) is 0 Å². The topological polar surface area (TPSA) is 0 Å². The zero-order chi connectivity index (χ0) is 24.3. The van der Waals surface area contributed by atoms with Crippen molar-refractivity contribution in [3.63, 3.8) is 0 Å². The van der Waals surface area contributed by atoms with Gasteiger partial charge in [-0.25, -0.2) is 0 Å². The molecule has 4 aliphatic rings. The number of allylic oxidation sites excluding steroid dienone is 6. The van der Waals surface area contributed by atoms with Crippen molar-refractivity contribution < 1.29 is 0 Å². The van der Waals surface area contributed by atoms with E-state index < -0.39 is 0 Å². The molecule has 0 nitrogen and oxygen atoms in total. The van der Waals surface area contributed by atoms with Crippen molar-refractivity contribution in [2.24, 2.45) is 47.3 Å². The second kappa shape index (κ2) is 14.8. The number of unbranched alkanes of at least 4 members (excludes halogenated alkanes) is 3. The Kier molecular flexibility index (Phi) is 11.6. The average Bonchev–Trinajstić information content (AvgIpc) is 2.92. The van der Waals surface area contributed by atoms with Gasteiger partial charge in [0, 0.05) is 0 Å². The molecule has 4 rings (SSSR count). The molecule has 2 fully saturated rings. The lowest BCUT2D eigenvalue weighted by Gasteiger charge is -2.40. The van der Waals surface area contributed by atoms with Gasteiger partial charge in [-0.05, 0) is 118 Å². The van der Waals surface area contributed by atoms with Crippen LogP contribution in [0.4, 0.5) is 0 Å². The van der Waals surface area contributed by atoms with Gasteiger partial charge in [0.15, 0.2) is 0 Å². The van der Waals surface area contributed by atoms with Crippen LogP contribution in [0.3, 0.4) is 0 Å². The summed E-state index contributed by atoms with van der Waals surface area (Å²) >= 11 is 0. The van der Waals surface area contributed by atoms with Gasteiger partial charge < -0.3 is 0 Å². The molecule has 0 bridgehead atoms. The van der Waals surface area contributed by atoms with Crippen molar-refractivity contribution >= 4 is 0 Å². The molecule has 4 unspecified atom stereocenters. The van der Waals surface area contributed by atoms with Crippen LogP contribution in [0.2, 0.25) is 0 Å². The molecule has 2 saturated carbocycles. The van der Waals surface area contributed by atoms with Crippen LogP contribution in [0.15, 0.2) is 36.5 Å². The highest BCUT2D eigenvalue weighted by Crippen LogP contribution is 2.45. The summed E-state index contributed by atoms with van der Waals surface area (Å²) in [5.41, 5.74) is 0. The summed E-state index contributed by atoms with van der Waals surface area (Å²) in [6.45, 7) is 4.66. The third-order valence-electron chi connectivity index (χ3n) is 10.7. The summed E-state index contributed by atoms with van der Waals surface area (Å²) in [6, 6.07) is 0. The van der Waals surface area contributed by atoms with Crippen LogP contribution in [0, 0.1) is 47.3 Å². The minimum atomic E-state index is 0.695. The smallest absolute Gasteiger partial charge is 0.00530 e. The predicted octanol–water partition coefficient (Wildman–Crippen LogP) is 11.1. The van der Waals surface area contributed by atoms with E-state index in [0.717, 1.165) is 35.5 Å².